The Balaban J connectivity index is 3.05. The third kappa shape index (κ3) is 2.46. The number of methoxy groups -OCH3 is 2. The van der Waals surface area contributed by atoms with E-state index in [1.54, 1.807) is 0 Å². The molecule has 0 aliphatic carbocycles. The van der Waals surface area contributed by atoms with Crippen LogP contribution < -0.4 is 0 Å². The first-order valence-corrected chi connectivity index (χ1v) is 5.16. The molecular formula is C10H10O5S. The summed E-state index contributed by atoms with van der Waals surface area (Å²) in [7, 11) is 2.37. The molecule has 5 nitrogen and oxygen atoms in total. The van der Waals surface area contributed by atoms with Gasteiger partial charge in [-0.3, -0.25) is 14.4 Å². The Hall–Kier alpha value is -1.69. The fraction of sp³-hybridized carbons (Fsp3) is 0.300. The molecule has 16 heavy (non-hydrogen) atoms. The first-order chi connectivity index (χ1) is 7.63. The highest BCUT2D eigenvalue weighted by Gasteiger charge is 2.31. The molecule has 0 spiro atoms. The van der Waals surface area contributed by atoms with Gasteiger partial charge in [0.25, 0.3) is 0 Å². The summed E-state index contributed by atoms with van der Waals surface area (Å²) >= 11 is 1.06. The minimum Gasteiger partial charge on any atom is -0.468 e. The molecule has 1 aromatic heterocycles. The standard InChI is InChI=1S/C10H10O5S/c1-14-9(12)8(10(13)15-2)7-4-3-6(5-11)16-7/h3-5,8H,1-2H3. The van der Waals surface area contributed by atoms with Crippen molar-refractivity contribution in [3.63, 3.8) is 0 Å². The van der Waals surface area contributed by atoms with E-state index in [2.05, 4.69) is 9.47 Å². The van der Waals surface area contributed by atoms with Crippen molar-refractivity contribution in [2.45, 2.75) is 5.92 Å². The molecule has 1 aromatic rings. The third-order valence-electron chi connectivity index (χ3n) is 1.92. The van der Waals surface area contributed by atoms with Gasteiger partial charge in [-0.25, -0.2) is 0 Å². The van der Waals surface area contributed by atoms with Crippen molar-refractivity contribution in [3.8, 4) is 0 Å². The van der Waals surface area contributed by atoms with Crippen LogP contribution in [0.4, 0.5) is 0 Å². The molecule has 86 valence electrons. The van der Waals surface area contributed by atoms with Gasteiger partial charge in [0, 0.05) is 4.88 Å². The molecule has 0 unspecified atom stereocenters. The molecule has 0 fully saturated rings. The van der Waals surface area contributed by atoms with Gasteiger partial charge in [-0.1, -0.05) is 0 Å². The number of rotatable bonds is 4. The van der Waals surface area contributed by atoms with Crippen molar-refractivity contribution < 1.29 is 23.9 Å². The van der Waals surface area contributed by atoms with Crippen LogP contribution in [0.2, 0.25) is 0 Å². The second-order valence-electron chi connectivity index (χ2n) is 2.84. The Morgan fingerprint density at radius 3 is 2.19 bits per heavy atom. The van der Waals surface area contributed by atoms with Crippen LogP contribution in [0.15, 0.2) is 12.1 Å². The number of carbonyl (C=O) groups is 3. The highest BCUT2D eigenvalue weighted by Crippen LogP contribution is 2.26. The van der Waals surface area contributed by atoms with Crippen molar-refractivity contribution in [2.75, 3.05) is 14.2 Å². The van der Waals surface area contributed by atoms with Gasteiger partial charge in [-0.05, 0) is 12.1 Å². The van der Waals surface area contributed by atoms with Crippen molar-refractivity contribution in [2.24, 2.45) is 0 Å². The fourth-order valence-corrected chi connectivity index (χ4v) is 2.05. The van der Waals surface area contributed by atoms with E-state index in [1.807, 2.05) is 0 Å². The quantitative estimate of drug-likeness (QED) is 0.447. The van der Waals surface area contributed by atoms with E-state index in [9.17, 15) is 14.4 Å². The van der Waals surface area contributed by atoms with Crippen LogP contribution in [0.1, 0.15) is 20.5 Å². The maximum Gasteiger partial charge on any atom is 0.325 e. The Labute approximate surface area is 96.0 Å². The number of ether oxygens (including phenoxy) is 2. The van der Waals surface area contributed by atoms with Crippen molar-refractivity contribution in [1.82, 2.24) is 0 Å². The molecule has 0 saturated heterocycles. The number of hydrogen-bond acceptors (Lipinski definition) is 6. The lowest BCUT2D eigenvalue weighted by Crippen LogP contribution is -2.23. The Kier molecular flexibility index (Phi) is 4.19. The predicted octanol–water partition coefficient (Wildman–Crippen LogP) is 0.990. The van der Waals surface area contributed by atoms with Gasteiger partial charge < -0.3 is 9.47 Å². The average Bonchev–Trinajstić information content (AvgIpc) is 2.77. The van der Waals surface area contributed by atoms with Crippen LogP contribution in [0.25, 0.3) is 0 Å². The molecule has 0 N–H and O–H groups in total. The monoisotopic (exact) mass is 242 g/mol. The molecule has 1 rings (SSSR count). The second-order valence-corrected chi connectivity index (χ2v) is 3.98. The van der Waals surface area contributed by atoms with Crippen molar-refractivity contribution >= 4 is 29.6 Å². The molecule has 0 aromatic carbocycles. The van der Waals surface area contributed by atoms with E-state index >= 15 is 0 Å². The van der Waals surface area contributed by atoms with E-state index in [4.69, 9.17) is 0 Å². The second kappa shape index (κ2) is 5.41. The molecule has 0 atom stereocenters. The Morgan fingerprint density at radius 1 is 1.25 bits per heavy atom. The maximum absolute atomic E-state index is 11.4. The molecule has 0 aliphatic rings. The van der Waals surface area contributed by atoms with Crippen LogP contribution in [0, 0.1) is 0 Å². The molecule has 0 saturated carbocycles. The normalized spacial score (nSPS) is 9.94. The van der Waals surface area contributed by atoms with Gasteiger partial charge in [0.2, 0.25) is 0 Å². The predicted molar refractivity (Wildman–Crippen MR) is 56.5 cm³/mol. The zero-order chi connectivity index (χ0) is 12.1. The lowest BCUT2D eigenvalue weighted by molar-refractivity contribution is -0.154. The molecule has 0 amide bonds. The number of thiophene rings is 1. The topological polar surface area (TPSA) is 69.7 Å². The van der Waals surface area contributed by atoms with Crippen LogP contribution in [0.3, 0.4) is 0 Å². The van der Waals surface area contributed by atoms with E-state index in [1.165, 1.54) is 26.4 Å². The molecule has 0 radical (unpaired) electrons. The summed E-state index contributed by atoms with van der Waals surface area (Å²) in [5.74, 6) is -2.52. The summed E-state index contributed by atoms with van der Waals surface area (Å²) in [4.78, 5) is 34.2. The Morgan fingerprint density at radius 2 is 1.81 bits per heavy atom. The summed E-state index contributed by atoms with van der Waals surface area (Å²) in [5.41, 5.74) is 0. The van der Waals surface area contributed by atoms with Crippen LogP contribution in [-0.2, 0) is 19.1 Å². The number of hydrogen-bond donors (Lipinski definition) is 0. The van der Waals surface area contributed by atoms with Gasteiger partial charge >= 0.3 is 11.9 Å². The van der Waals surface area contributed by atoms with E-state index in [-0.39, 0.29) is 0 Å². The summed E-state index contributed by atoms with van der Waals surface area (Å²) in [6, 6.07) is 3.07. The van der Waals surface area contributed by atoms with Gasteiger partial charge in [0.05, 0.1) is 19.1 Å². The van der Waals surface area contributed by atoms with E-state index in [0.29, 0.717) is 16.0 Å². The van der Waals surface area contributed by atoms with Crippen LogP contribution in [0.5, 0.6) is 0 Å². The first-order valence-electron chi connectivity index (χ1n) is 4.34. The van der Waals surface area contributed by atoms with Crippen molar-refractivity contribution in [3.05, 3.63) is 21.9 Å². The number of esters is 2. The molecule has 6 heteroatoms. The fourth-order valence-electron chi connectivity index (χ4n) is 1.15. The summed E-state index contributed by atoms with van der Waals surface area (Å²) < 4.78 is 9.02. The SMILES string of the molecule is COC(=O)C(C(=O)OC)c1ccc(C=O)s1. The number of carbonyl (C=O) groups excluding carboxylic acids is 3. The molecular weight excluding hydrogens is 232 g/mol. The highest BCUT2D eigenvalue weighted by molar-refractivity contribution is 7.14. The van der Waals surface area contributed by atoms with Crippen LogP contribution in [-0.4, -0.2) is 32.4 Å². The van der Waals surface area contributed by atoms with Crippen molar-refractivity contribution in [1.29, 1.82) is 0 Å². The highest BCUT2D eigenvalue weighted by atomic mass is 32.1. The largest absolute Gasteiger partial charge is 0.468 e. The summed E-state index contributed by atoms with van der Waals surface area (Å²) in [6.07, 6.45) is 0.653. The summed E-state index contributed by atoms with van der Waals surface area (Å²) in [5, 5.41) is 0. The van der Waals surface area contributed by atoms with E-state index in [0.717, 1.165) is 11.3 Å². The number of aldehydes is 1. The smallest absolute Gasteiger partial charge is 0.325 e. The van der Waals surface area contributed by atoms with E-state index < -0.39 is 17.9 Å². The third-order valence-corrected chi connectivity index (χ3v) is 3.00. The lowest BCUT2D eigenvalue weighted by Gasteiger charge is -2.09. The van der Waals surface area contributed by atoms with Crippen LogP contribution >= 0.6 is 11.3 Å². The molecule has 1 heterocycles. The van der Waals surface area contributed by atoms with Gasteiger partial charge in [-0.15, -0.1) is 11.3 Å². The van der Waals surface area contributed by atoms with Gasteiger partial charge in [0.15, 0.2) is 12.2 Å². The maximum atomic E-state index is 11.4. The molecule has 0 aliphatic heterocycles. The Bertz CT molecular complexity index is 393. The minimum absolute atomic E-state index is 0.431. The zero-order valence-electron chi connectivity index (χ0n) is 8.76. The summed E-state index contributed by atoms with van der Waals surface area (Å²) in [6.45, 7) is 0. The zero-order valence-corrected chi connectivity index (χ0v) is 9.58. The first kappa shape index (κ1) is 12.4. The lowest BCUT2D eigenvalue weighted by atomic mass is 10.1. The molecule has 0 bridgehead atoms. The minimum atomic E-state index is -1.12. The van der Waals surface area contributed by atoms with Gasteiger partial charge in [-0.2, -0.15) is 0 Å². The van der Waals surface area contributed by atoms with Gasteiger partial charge in [0.1, 0.15) is 0 Å². The average molecular weight is 242 g/mol.